The van der Waals surface area contributed by atoms with E-state index in [4.69, 9.17) is 4.74 Å². The Morgan fingerprint density at radius 2 is 2.00 bits per heavy atom. The first-order valence-corrected chi connectivity index (χ1v) is 7.30. The Bertz CT molecular complexity index is 755. The maximum atomic E-state index is 12.3. The molecular formula is C16H22ClN3O4. The van der Waals surface area contributed by atoms with Gasteiger partial charge in [-0.2, -0.15) is 0 Å². The van der Waals surface area contributed by atoms with Gasteiger partial charge in [-0.25, -0.2) is 4.79 Å². The number of hydrogen-bond donors (Lipinski definition) is 3. The molecule has 2 aromatic rings. The maximum absolute atomic E-state index is 12.3. The summed E-state index contributed by atoms with van der Waals surface area (Å²) in [5, 5.41) is 13.2. The summed E-state index contributed by atoms with van der Waals surface area (Å²) in [5.41, 5.74) is 2.03. The van der Waals surface area contributed by atoms with E-state index in [9.17, 15) is 14.7 Å². The molecule has 1 amide bonds. The highest BCUT2D eigenvalue weighted by atomic mass is 35.5. The van der Waals surface area contributed by atoms with Crippen molar-refractivity contribution in [2.45, 2.75) is 20.4 Å². The van der Waals surface area contributed by atoms with Crippen LogP contribution in [0.5, 0.6) is 5.75 Å². The highest BCUT2D eigenvalue weighted by Gasteiger charge is 2.21. The van der Waals surface area contributed by atoms with Gasteiger partial charge in [0.2, 0.25) is 5.91 Å². The third-order valence-corrected chi connectivity index (χ3v) is 3.26. The van der Waals surface area contributed by atoms with Crippen LogP contribution in [0.4, 0.5) is 5.69 Å². The summed E-state index contributed by atoms with van der Waals surface area (Å²) in [6.45, 7) is 3.88. The van der Waals surface area contributed by atoms with Gasteiger partial charge in [0, 0.05) is 30.1 Å². The minimum Gasteiger partial charge on any atom is -0.506 e. The average molecular weight is 356 g/mol. The van der Waals surface area contributed by atoms with Gasteiger partial charge in [0.15, 0.2) is 0 Å². The number of rotatable bonds is 5. The number of aromatic nitrogens is 1. The number of phenolic OH excluding ortho intramolecular Hbond substituents is 1. The molecule has 0 fully saturated rings. The fraction of sp³-hybridized carbons (Fsp3) is 0.375. The molecule has 2 rings (SSSR count). The molecule has 0 unspecified atom stereocenters. The van der Waals surface area contributed by atoms with Crippen molar-refractivity contribution in [3.63, 3.8) is 0 Å². The van der Waals surface area contributed by atoms with E-state index in [1.54, 1.807) is 13.0 Å². The lowest BCUT2D eigenvalue weighted by atomic mass is 10.1. The number of aromatic hydroxyl groups is 1. The number of carbonyl (C=O) groups excluding carboxylic acids is 2. The van der Waals surface area contributed by atoms with Crippen LogP contribution in [0.15, 0.2) is 12.1 Å². The molecule has 8 heteroatoms. The second kappa shape index (κ2) is 8.03. The van der Waals surface area contributed by atoms with Crippen molar-refractivity contribution in [1.29, 1.82) is 0 Å². The Balaban J connectivity index is 0.00000288. The molecule has 24 heavy (non-hydrogen) atoms. The van der Waals surface area contributed by atoms with Crippen molar-refractivity contribution >= 4 is 40.9 Å². The number of amides is 1. The predicted molar refractivity (Wildman–Crippen MR) is 94.9 cm³/mol. The number of phenols is 1. The van der Waals surface area contributed by atoms with Gasteiger partial charge in [-0.15, -0.1) is 12.4 Å². The molecule has 0 aliphatic heterocycles. The molecule has 0 radical (unpaired) electrons. The number of esters is 1. The average Bonchev–Trinajstić information content (AvgIpc) is 2.75. The zero-order valence-corrected chi connectivity index (χ0v) is 14.9. The number of nitrogens with one attached hydrogen (secondary N) is 2. The van der Waals surface area contributed by atoms with E-state index in [1.807, 2.05) is 19.0 Å². The molecule has 3 N–H and O–H groups in total. The minimum atomic E-state index is -0.442. The first kappa shape index (κ1) is 19.8. The van der Waals surface area contributed by atoms with Crippen LogP contribution in [0.3, 0.4) is 0 Å². The van der Waals surface area contributed by atoms with Crippen molar-refractivity contribution < 1.29 is 19.4 Å². The van der Waals surface area contributed by atoms with E-state index in [1.165, 1.54) is 13.0 Å². The number of nitrogens with zero attached hydrogens (tertiary/aromatic N) is 1. The SMILES string of the molecule is CCOC(=O)c1c(CN(C)C)[nH]c2cc(NC(C)=O)c(O)cc12.Cl. The fourth-order valence-electron chi connectivity index (χ4n) is 2.45. The largest absolute Gasteiger partial charge is 0.506 e. The summed E-state index contributed by atoms with van der Waals surface area (Å²) in [5.74, 6) is -0.832. The number of carbonyl (C=O) groups is 2. The molecule has 0 atom stereocenters. The van der Waals surface area contributed by atoms with E-state index in [-0.39, 0.29) is 36.4 Å². The Kier molecular flexibility index (Phi) is 6.62. The molecule has 1 aromatic carbocycles. The number of fused-ring (bicyclic) bond motifs is 1. The molecule has 7 nitrogen and oxygen atoms in total. The number of ether oxygens (including phenoxy) is 1. The normalized spacial score (nSPS) is 10.5. The molecule has 0 saturated heterocycles. The molecule has 0 aliphatic rings. The molecule has 1 aromatic heterocycles. The number of anilines is 1. The first-order valence-electron chi connectivity index (χ1n) is 7.30. The number of H-pyrrole nitrogens is 1. The number of halogens is 1. The van der Waals surface area contributed by atoms with Crippen molar-refractivity contribution in [2.24, 2.45) is 0 Å². The highest BCUT2D eigenvalue weighted by Crippen LogP contribution is 2.33. The van der Waals surface area contributed by atoms with E-state index < -0.39 is 5.97 Å². The zero-order valence-electron chi connectivity index (χ0n) is 14.1. The lowest BCUT2D eigenvalue weighted by Gasteiger charge is -2.10. The topological polar surface area (TPSA) is 94.7 Å². The van der Waals surface area contributed by atoms with Crippen LogP contribution in [0, 0.1) is 0 Å². The minimum absolute atomic E-state index is 0. The molecule has 132 valence electrons. The monoisotopic (exact) mass is 355 g/mol. The van der Waals surface area contributed by atoms with Gasteiger partial charge in [-0.3, -0.25) is 4.79 Å². The molecule has 0 spiro atoms. The second-order valence-electron chi connectivity index (χ2n) is 5.53. The van der Waals surface area contributed by atoms with E-state index in [0.717, 1.165) is 0 Å². The Morgan fingerprint density at radius 1 is 1.33 bits per heavy atom. The highest BCUT2D eigenvalue weighted by molar-refractivity contribution is 6.07. The number of aromatic amines is 1. The smallest absolute Gasteiger partial charge is 0.340 e. The van der Waals surface area contributed by atoms with Crippen LogP contribution in [-0.2, 0) is 16.1 Å². The van der Waals surface area contributed by atoms with Crippen molar-refractivity contribution in [1.82, 2.24) is 9.88 Å². The molecular weight excluding hydrogens is 334 g/mol. The van der Waals surface area contributed by atoms with Gasteiger partial charge in [-0.1, -0.05) is 0 Å². The Morgan fingerprint density at radius 3 is 2.54 bits per heavy atom. The summed E-state index contributed by atoms with van der Waals surface area (Å²) in [7, 11) is 3.78. The van der Waals surface area contributed by atoms with Gasteiger partial charge in [0.25, 0.3) is 0 Å². The van der Waals surface area contributed by atoms with E-state index in [2.05, 4.69) is 10.3 Å². The summed E-state index contributed by atoms with van der Waals surface area (Å²) >= 11 is 0. The number of benzene rings is 1. The van der Waals surface area contributed by atoms with Crippen LogP contribution in [0.25, 0.3) is 10.9 Å². The molecule has 0 saturated carbocycles. The Hall–Kier alpha value is -2.25. The number of hydrogen-bond acceptors (Lipinski definition) is 5. The molecule has 0 aliphatic carbocycles. The summed E-state index contributed by atoms with van der Waals surface area (Å²) in [6, 6.07) is 3.07. The Labute approximate surface area is 146 Å². The van der Waals surface area contributed by atoms with Crippen molar-refractivity contribution in [2.75, 3.05) is 26.0 Å². The molecule has 1 heterocycles. The van der Waals surface area contributed by atoms with Gasteiger partial charge >= 0.3 is 5.97 Å². The zero-order chi connectivity index (χ0) is 17.1. The van der Waals surface area contributed by atoms with Gasteiger partial charge in [0.05, 0.1) is 17.9 Å². The first-order chi connectivity index (χ1) is 10.8. The van der Waals surface area contributed by atoms with Gasteiger partial charge in [0.1, 0.15) is 5.75 Å². The van der Waals surface area contributed by atoms with E-state index in [0.29, 0.717) is 28.7 Å². The standard InChI is InChI=1S/C16H21N3O4.ClH/c1-5-23-16(22)15-10-6-14(21)12(17-9(2)20)7-11(10)18-13(15)8-19(3)4;/h6-7,18,21H,5,8H2,1-4H3,(H,17,20);1H. The second-order valence-corrected chi connectivity index (χ2v) is 5.53. The molecule has 0 bridgehead atoms. The summed E-state index contributed by atoms with van der Waals surface area (Å²) < 4.78 is 5.12. The van der Waals surface area contributed by atoms with Crippen molar-refractivity contribution in [3.8, 4) is 5.75 Å². The van der Waals surface area contributed by atoms with E-state index >= 15 is 0 Å². The van der Waals surface area contributed by atoms with Gasteiger partial charge < -0.3 is 25.0 Å². The van der Waals surface area contributed by atoms with Crippen molar-refractivity contribution in [3.05, 3.63) is 23.4 Å². The lowest BCUT2D eigenvalue weighted by molar-refractivity contribution is -0.114. The van der Waals surface area contributed by atoms with Gasteiger partial charge in [-0.05, 0) is 33.2 Å². The lowest BCUT2D eigenvalue weighted by Crippen LogP contribution is -2.15. The van der Waals surface area contributed by atoms with Crippen LogP contribution in [0.2, 0.25) is 0 Å². The predicted octanol–water partition coefficient (Wildman–Crippen LogP) is 2.49. The quantitative estimate of drug-likeness (QED) is 0.566. The van der Waals surface area contributed by atoms with Crippen LogP contribution < -0.4 is 5.32 Å². The third kappa shape index (κ3) is 4.18. The van der Waals surface area contributed by atoms with Crippen LogP contribution in [0.1, 0.15) is 29.9 Å². The van der Waals surface area contributed by atoms with Crippen LogP contribution in [-0.4, -0.2) is 47.6 Å². The summed E-state index contributed by atoms with van der Waals surface area (Å²) in [6.07, 6.45) is 0. The fourth-order valence-corrected chi connectivity index (χ4v) is 2.45. The summed E-state index contributed by atoms with van der Waals surface area (Å²) in [4.78, 5) is 28.6. The maximum Gasteiger partial charge on any atom is 0.340 e. The van der Waals surface area contributed by atoms with Crippen LogP contribution >= 0.6 is 12.4 Å². The third-order valence-electron chi connectivity index (χ3n) is 3.26.